The van der Waals surface area contributed by atoms with Crippen molar-refractivity contribution in [3.63, 3.8) is 0 Å². The molecule has 0 spiro atoms. The van der Waals surface area contributed by atoms with Crippen LogP contribution >= 0.6 is 0 Å². The number of aromatic nitrogens is 2. The first-order valence-electron chi connectivity index (χ1n) is 5.32. The van der Waals surface area contributed by atoms with Gasteiger partial charge < -0.3 is 15.2 Å². The Balaban J connectivity index is 2.02. The number of nitrogen functional groups attached to an aromatic ring is 1. The molecule has 0 fully saturated rings. The number of nitrogens with zero attached hydrogens (tertiary/aromatic N) is 1. The summed E-state index contributed by atoms with van der Waals surface area (Å²) in [5.74, 6) is 1.30. The smallest absolute Gasteiger partial charge is 0.145 e. The van der Waals surface area contributed by atoms with Crippen molar-refractivity contribution in [3.05, 3.63) is 30.3 Å². The predicted molar refractivity (Wildman–Crippen MR) is 65.8 cm³/mol. The molecule has 5 nitrogen and oxygen atoms in total. The Bertz CT molecular complexity index is 465. The molecule has 0 radical (unpaired) electrons. The van der Waals surface area contributed by atoms with Gasteiger partial charge in [-0.1, -0.05) is 0 Å². The van der Waals surface area contributed by atoms with E-state index in [9.17, 15) is 0 Å². The SMILES string of the molecule is COCCOc1ccc(-c2cc(N)n[nH]2)cc1. The maximum atomic E-state index is 5.55. The van der Waals surface area contributed by atoms with Crippen molar-refractivity contribution in [1.29, 1.82) is 0 Å². The van der Waals surface area contributed by atoms with Crippen molar-refractivity contribution in [1.82, 2.24) is 10.2 Å². The van der Waals surface area contributed by atoms with Crippen molar-refractivity contribution in [2.45, 2.75) is 0 Å². The minimum Gasteiger partial charge on any atom is -0.491 e. The fourth-order valence-electron chi connectivity index (χ4n) is 1.46. The number of methoxy groups -OCH3 is 1. The second-order valence-corrected chi connectivity index (χ2v) is 3.57. The molecule has 0 unspecified atom stereocenters. The van der Waals surface area contributed by atoms with Crippen LogP contribution < -0.4 is 10.5 Å². The Morgan fingerprint density at radius 3 is 2.59 bits per heavy atom. The van der Waals surface area contributed by atoms with Gasteiger partial charge in [-0.3, -0.25) is 5.10 Å². The van der Waals surface area contributed by atoms with Crippen molar-refractivity contribution in [2.24, 2.45) is 0 Å². The lowest BCUT2D eigenvalue weighted by Crippen LogP contribution is -2.03. The van der Waals surface area contributed by atoms with Gasteiger partial charge in [0.1, 0.15) is 18.2 Å². The number of nitrogens with one attached hydrogen (secondary N) is 1. The summed E-state index contributed by atoms with van der Waals surface area (Å²) in [6.07, 6.45) is 0. The van der Waals surface area contributed by atoms with E-state index < -0.39 is 0 Å². The minimum atomic E-state index is 0.487. The summed E-state index contributed by atoms with van der Waals surface area (Å²) in [7, 11) is 1.65. The molecule has 0 amide bonds. The second-order valence-electron chi connectivity index (χ2n) is 3.57. The summed E-state index contributed by atoms with van der Waals surface area (Å²) in [5, 5.41) is 6.74. The van der Waals surface area contributed by atoms with Crippen LogP contribution in [0.15, 0.2) is 30.3 Å². The second kappa shape index (κ2) is 5.36. The van der Waals surface area contributed by atoms with Crippen molar-refractivity contribution >= 4 is 5.82 Å². The third-order valence-electron chi connectivity index (χ3n) is 2.32. The Morgan fingerprint density at radius 1 is 1.24 bits per heavy atom. The first-order chi connectivity index (χ1) is 8.29. The zero-order chi connectivity index (χ0) is 12.1. The lowest BCUT2D eigenvalue weighted by molar-refractivity contribution is 0.146. The zero-order valence-corrected chi connectivity index (χ0v) is 9.64. The van der Waals surface area contributed by atoms with Gasteiger partial charge in [0.15, 0.2) is 0 Å². The summed E-state index contributed by atoms with van der Waals surface area (Å²) in [6.45, 7) is 1.13. The number of nitrogens with two attached hydrogens (primary N) is 1. The topological polar surface area (TPSA) is 73.2 Å². The summed E-state index contributed by atoms with van der Waals surface area (Å²) in [4.78, 5) is 0. The fourth-order valence-corrected chi connectivity index (χ4v) is 1.46. The van der Waals surface area contributed by atoms with Crippen LogP contribution in [0, 0.1) is 0 Å². The maximum Gasteiger partial charge on any atom is 0.145 e. The van der Waals surface area contributed by atoms with E-state index in [2.05, 4.69) is 10.2 Å². The number of benzene rings is 1. The molecule has 0 aliphatic heterocycles. The van der Waals surface area contributed by atoms with E-state index in [1.54, 1.807) is 13.2 Å². The normalized spacial score (nSPS) is 10.4. The molecular weight excluding hydrogens is 218 g/mol. The zero-order valence-electron chi connectivity index (χ0n) is 9.64. The van der Waals surface area contributed by atoms with E-state index in [4.69, 9.17) is 15.2 Å². The van der Waals surface area contributed by atoms with Gasteiger partial charge in [-0.05, 0) is 29.8 Å². The molecular formula is C12H15N3O2. The molecule has 3 N–H and O–H groups in total. The molecule has 0 saturated heterocycles. The number of H-pyrrole nitrogens is 1. The molecule has 2 rings (SSSR count). The first kappa shape index (κ1) is 11.5. The molecule has 1 aromatic heterocycles. The lowest BCUT2D eigenvalue weighted by Gasteiger charge is -2.05. The molecule has 2 aromatic rings. The maximum absolute atomic E-state index is 5.55. The highest BCUT2D eigenvalue weighted by Crippen LogP contribution is 2.21. The summed E-state index contributed by atoms with van der Waals surface area (Å²) >= 11 is 0. The Labute approximate surface area is 99.5 Å². The van der Waals surface area contributed by atoms with Crippen molar-refractivity contribution in [2.75, 3.05) is 26.1 Å². The molecule has 17 heavy (non-hydrogen) atoms. The van der Waals surface area contributed by atoms with Gasteiger partial charge in [0.05, 0.1) is 12.3 Å². The average Bonchev–Trinajstić information content (AvgIpc) is 2.77. The van der Waals surface area contributed by atoms with Crippen LogP contribution in [0.4, 0.5) is 5.82 Å². The lowest BCUT2D eigenvalue weighted by atomic mass is 10.1. The number of hydrogen-bond donors (Lipinski definition) is 2. The minimum absolute atomic E-state index is 0.487. The molecule has 0 aliphatic rings. The fraction of sp³-hybridized carbons (Fsp3) is 0.250. The number of rotatable bonds is 5. The Kier molecular flexibility index (Phi) is 3.62. The van der Waals surface area contributed by atoms with E-state index in [1.807, 2.05) is 24.3 Å². The van der Waals surface area contributed by atoms with Crippen LogP contribution in [0.5, 0.6) is 5.75 Å². The van der Waals surface area contributed by atoms with Crippen LogP contribution in [0.3, 0.4) is 0 Å². The van der Waals surface area contributed by atoms with Crippen molar-refractivity contribution < 1.29 is 9.47 Å². The molecule has 0 saturated carbocycles. The molecule has 0 atom stereocenters. The van der Waals surface area contributed by atoms with Crippen LogP contribution in [0.25, 0.3) is 11.3 Å². The number of hydrogen-bond acceptors (Lipinski definition) is 4. The van der Waals surface area contributed by atoms with E-state index in [0.29, 0.717) is 19.0 Å². The number of aromatic amines is 1. The third-order valence-corrected chi connectivity index (χ3v) is 2.32. The van der Waals surface area contributed by atoms with E-state index >= 15 is 0 Å². The monoisotopic (exact) mass is 233 g/mol. The summed E-state index contributed by atoms with van der Waals surface area (Å²) in [5.41, 5.74) is 7.46. The Hall–Kier alpha value is -2.01. The molecule has 0 aliphatic carbocycles. The van der Waals surface area contributed by atoms with Crippen LogP contribution in [0.1, 0.15) is 0 Å². The van der Waals surface area contributed by atoms with Crippen LogP contribution in [-0.4, -0.2) is 30.5 Å². The largest absolute Gasteiger partial charge is 0.491 e. The molecule has 5 heteroatoms. The quantitative estimate of drug-likeness (QED) is 0.771. The first-order valence-corrected chi connectivity index (χ1v) is 5.32. The number of anilines is 1. The third kappa shape index (κ3) is 2.98. The molecule has 1 aromatic carbocycles. The summed E-state index contributed by atoms with van der Waals surface area (Å²) < 4.78 is 10.4. The summed E-state index contributed by atoms with van der Waals surface area (Å²) in [6, 6.07) is 9.51. The van der Waals surface area contributed by atoms with Gasteiger partial charge in [-0.15, -0.1) is 0 Å². The highest BCUT2D eigenvalue weighted by atomic mass is 16.5. The van der Waals surface area contributed by atoms with E-state index in [-0.39, 0.29) is 0 Å². The highest BCUT2D eigenvalue weighted by molar-refractivity contribution is 5.62. The molecule has 0 bridgehead atoms. The molecule has 90 valence electrons. The van der Waals surface area contributed by atoms with Gasteiger partial charge in [-0.2, -0.15) is 5.10 Å². The van der Waals surface area contributed by atoms with E-state index in [0.717, 1.165) is 17.0 Å². The van der Waals surface area contributed by atoms with Gasteiger partial charge >= 0.3 is 0 Å². The Morgan fingerprint density at radius 2 is 2.00 bits per heavy atom. The van der Waals surface area contributed by atoms with Crippen molar-refractivity contribution in [3.8, 4) is 17.0 Å². The van der Waals surface area contributed by atoms with Gasteiger partial charge in [0, 0.05) is 13.2 Å². The predicted octanol–water partition coefficient (Wildman–Crippen LogP) is 1.68. The van der Waals surface area contributed by atoms with Gasteiger partial charge in [0.25, 0.3) is 0 Å². The van der Waals surface area contributed by atoms with E-state index in [1.165, 1.54) is 0 Å². The van der Waals surface area contributed by atoms with Gasteiger partial charge in [0.2, 0.25) is 0 Å². The highest BCUT2D eigenvalue weighted by Gasteiger charge is 2.01. The number of ether oxygens (including phenoxy) is 2. The molecule has 1 heterocycles. The standard InChI is InChI=1S/C12H15N3O2/c1-16-6-7-17-10-4-2-9(3-5-10)11-8-12(13)15-14-11/h2-5,8H,6-7H2,1H3,(H3,13,14,15). The van der Waals surface area contributed by atoms with Crippen LogP contribution in [-0.2, 0) is 4.74 Å². The van der Waals surface area contributed by atoms with Gasteiger partial charge in [-0.25, -0.2) is 0 Å². The van der Waals surface area contributed by atoms with Crippen LogP contribution in [0.2, 0.25) is 0 Å². The average molecular weight is 233 g/mol.